The summed E-state index contributed by atoms with van der Waals surface area (Å²) in [5, 5.41) is 0. The van der Waals surface area contributed by atoms with E-state index in [0.29, 0.717) is 11.5 Å². The fourth-order valence-electron chi connectivity index (χ4n) is 4.71. The molecule has 2 aliphatic heterocycles. The number of rotatable bonds is 8. The Bertz CT molecular complexity index is 1560. The summed E-state index contributed by atoms with van der Waals surface area (Å²) in [4.78, 5) is 15.4. The molecule has 8 heteroatoms. The van der Waals surface area contributed by atoms with Crippen LogP contribution < -0.4 is 9.47 Å². The van der Waals surface area contributed by atoms with Crippen molar-refractivity contribution in [2.75, 3.05) is 0 Å². The Labute approximate surface area is 256 Å². The van der Waals surface area contributed by atoms with Gasteiger partial charge in [-0.1, -0.05) is 72.1 Å². The molecule has 4 aromatic carbocycles. The van der Waals surface area contributed by atoms with Crippen molar-refractivity contribution >= 4 is 55.8 Å². The highest BCUT2D eigenvalue weighted by atomic mass is 32.2. The van der Waals surface area contributed by atoms with E-state index < -0.39 is 8.60 Å². The van der Waals surface area contributed by atoms with Crippen LogP contribution in [0, 0.1) is 0 Å². The van der Waals surface area contributed by atoms with E-state index in [-0.39, 0.29) is 12.2 Å². The Morgan fingerprint density at radius 2 is 1.00 bits per heavy atom. The van der Waals surface area contributed by atoms with Gasteiger partial charge < -0.3 is 23.4 Å². The smallest absolute Gasteiger partial charge is 0.460 e. The molecule has 214 valence electrons. The van der Waals surface area contributed by atoms with Gasteiger partial charge in [-0.3, -0.25) is 0 Å². The second-order valence-corrected chi connectivity index (χ2v) is 13.3. The lowest BCUT2D eigenvalue weighted by Gasteiger charge is -2.20. The number of benzene rings is 4. The molecule has 0 bridgehead atoms. The Balaban J connectivity index is 1.37. The number of ether oxygens (including phenoxy) is 2. The van der Waals surface area contributed by atoms with E-state index in [1.165, 1.54) is 0 Å². The van der Waals surface area contributed by atoms with Gasteiger partial charge >= 0.3 is 8.60 Å². The molecule has 2 heterocycles. The normalized spacial score (nSPS) is 13.6. The van der Waals surface area contributed by atoms with Crippen LogP contribution in [-0.4, -0.2) is 17.1 Å². The first-order chi connectivity index (χ1) is 20.4. The maximum absolute atomic E-state index is 11.4. The molecule has 2 aliphatic rings. The number of hydrogen-bond donors (Lipinski definition) is 1. The average molecular weight is 615 g/mol. The van der Waals surface area contributed by atoms with Gasteiger partial charge in [-0.05, 0) is 87.4 Å². The summed E-state index contributed by atoms with van der Waals surface area (Å²) in [7, 11) is -2.37. The van der Waals surface area contributed by atoms with E-state index in [9.17, 15) is 4.89 Å². The molecule has 42 heavy (non-hydrogen) atoms. The van der Waals surface area contributed by atoms with Gasteiger partial charge in [0.1, 0.15) is 23.0 Å². The van der Waals surface area contributed by atoms with Gasteiger partial charge in [0.05, 0.1) is 22.0 Å². The minimum absolute atomic E-state index is 0.00907. The zero-order valence-electron chi connectivity index (χ0n) is 23.7. The number of fused-ring (bicyclic) bond motifs is 4. The predicted octanol–water partition coefficient (Wildman–Crippen LogP) is 10.1. The molecule has 0 amide bonds. The summed E-state index contributed by atoms with van der Waals surface area (Å²) >= 11 is 3.26. The van der Waals surface area contributed by atoms with Crippen molar-refractivity contribution in [3.63, 3.8) is 0 Å². The molecule has 0 atom stereocenters. The zero-order chi connectivity index (χ0) is 29.2. The van der Waals surface area contributed by atoms with Gasteiger partial charge in [-0.25, -0.2) is 0 Å². The van der Waals surface area contributed by atoms with Crippen LogP contribution in [0.5, 0.6) is 11.5 Å². The molecule has 0 unspecified atom stereocenters. The fourth-order valence-corrected chi connectivity index (χ4v) is 7.59. The van der Waals surface area contributed by atoms with Crippen LogP contribution in [0.2, 0.25) is 0 Å². The second kappa shape index (κ2) is 12.5. The lowest BCUT2D eigenvalue weighted by Crippen LogP contribution is -2.07. The van der Waals surface area contributed by atoms with Crippen molar-refractivity contribution in [3.8, 4) is 11.5 Å². The average Bonchev–Trinajstić information content (AvgIpc) is 3.21. The Morgan fingerprint density at radius 3 is 1.43 bits per heavy atom. The highest BCUT2D eigenvalue weighted by Crippen LogP contribution is 2.53. The van der Waals surface area contributed by atoms with Gasteiger partial charge in [-0.2, -0.15) is 0 Å². The standard InChI is InChI=1S/C34H31O5PS2/c1-21(2)36-27-15-9-13-25-29(19-23-11-5-7-17-31(23)41-33(25)27)38-40(35)39-30-20-24-12-6-8-18-32(24)42-34-26(30)14-10-16-28(34)37-22(3)4/h5-22,35H,1-4H3. The topological polar surface area (TPSA) is 57.2 Å². The van der Waals surface area contributed by atoms with Crippen LogP contribution in [0.4, 0.5) is 0 Å². The maximum Gasteiger partial charge on any atom is 0.460 e. The SMILES string of the molecule is CC(C)Oc1cccc2c1Sc1ccccc1C=C2OP(O)OC1=Cc2ccccc2Sc2c(OC(C)C)cccc21. The first-order valence-corrected chi connectivity index (χ1v) is 16.5. The van der Waals surface area contributed by atoms with Crippen LogP contribution in [0.1, 0.15) is 49.9 Å². The molecular weight excluding hydrogens is 583 g/mol. The molecule has 0 aromatic heterocycles. The summed E-state index contributed by atoms with van der Waals surface area (Å²) in [6.07, 6.45) is 3.93. The molecule has 6 rings (SSSR count). The molecule has 0 spiro atoms. The lowest BCUT2D eigenvalue weighted by atomic mass is 10.1. The van der Waals surface area contributed by atoms with Crippen molar-refractivity contribution in [3.05, 3.63) is 107 Å². The maximum atomic E-state index is 11.4. The summed E-state index contributed by atoms with van der Waals surface area (Å²) in [6, 6.07) is 28.0. The summed E-state index contributed by atoms with van der Waals surface area (Å²) < 4.78 is 24.9. The molecule has 5 nitrogen and oxygen atoms in total. The molecule has 0 radical (unpaired) electrons. The zero-order valence-corrected chi connectivity index (χ0v) is 26.3. The van der Waals surface area contributed by atoms with Gasteiger partial charge in [0.2, 0.25) is 0 Å². The molecular formula is C34H31O5PS2. The van der Waals surface area contributed by atoms with Crippen LogP contribution in [0.25, 0.3) is 23.7 Å². The summed E-state index contributed by atoms with van der Waals surface area (Å²) in [5.41, 5.74) is 3.66. The highest BCUT2D eigenvalue weighted by Gasteiger charge is 2.27. The summed E-state index contributed by atoms with van der Waals surface area (Å²) in [6.45, 7) is 8.04. The van der Waals surface area contributed by atoms with E-state index in [0.717, 1.165) is 53.3 Å². The van der Waals surface area contributed by atoms with Crippen LogP contribution in [0.15, 0.2) is 105 Å². The monoisotopic (exact) mass is 614 g/mol. The van der Waals surface area contributed by atoms with Crippen LogP contribution in [0.3, 0.4) is 0 Å². The van der Waals surface area contributed by atoms with E-state index in [2.05, 4.69) is 12.1 Å². The quantitative estimate of drug-likeness (QED) is 0.198. The minimum atomic E-state index is -2.37. The largest absolute Gasteiger partial charge is 0.490 e. The van der Waals surface area contributed by atoms with Gasteiger partial charge in [0, 0.05) is 20.9 Å². The van der Waals surface area contributed by atoms with Gasteiger partial charge in [0.15, 0.2) is 0 Å². The summed E-state index contributed by atoms with van der Waals surface area (Å²) in [5.74, 6) is 2.58. The van der Waals surface area contributed by atoms with E-state index in [1.54, 1.807) is 23.5 Å². The fraction of sp³-hybridized carbons (Fsp3) is 0.176. The minimum Gasteiger partial charge on any atom is -0.490 e. The van der Waals surface area contributed by atoms with Crippen molar-refractivity contribution in [2.45, 2.75) is 59.5 Å². The second-order valence-electron chi connectivity index (χ2n) is 10.3. The van der Waals surface area contributed by atoms with Crippen LogP contribution in [-0.2, 0) is 9.05 Å². The Morgan fingerprint density at radius 1 is 0.571 bits per heavy atom. The van der Waals surface area contributed by atoms with Gasteiger partial charge in [-0.15, -0.1) is 0 Å². The van der Waals surface area contributed by atoms with Crippen molar-refractivity contribution < 1.29 is 23.4 Å². The Kier molecular flexibility index (Phi) is 8.55. The molecule has 0 saturated carbocycles. The highest BCUT2D eigenvalue weighted by molar-refractivity contribution is 8.00. The van der Waals surface area contributed by atoms with Crippen molar-refractivity contribution in [2.24, 2.45) is 0 Å². The molecule has 0 fully saturated rings. The van der Waals surface area contributed by atoms with Crippen molar-refractivity contribution in [1.29, 1.82) is 0 Å². The number of hydrogen-bond acceptors (Lipinski definition) is 7. The third-order valence-corrected chi connectivity index (χ3v) is 9.54. The molecule has 0 saturated heterocycles. The third kappa shape index (κ3) is 6.20. The third-order valence-electron chi connectivity index (χ3n) is 6.40. The van der Waals surface area contributed by atoms with Crippen molar-refractivity contribution in [1.82, 2.24) is 0 Å². The first-order valence-electron chi connectivity index (χ1n) is 13.8. The van der Waals surface area contributed by atoms with E-state index in [1.807, 2.05) is 113 Å². The predicted molar refractivity (Wildman–Crippen MR) is 173 cm³/mol. The van der Waals surface area contributed by atoms with Crippen LogP contribution >= 0.6 is 32.1 Å². The van der Waals surface area contributed by atoms with Gasteiger partial charge in [0.25, 0.3) is 0 Å². The first kappa shape index (κ1) is 28.8. The molecule has 1 N–H and O–H groups in total. The van der Waals surface area contributed by atoms with E-state index in [4.69, 9.17) is 18.5 Å². The molecule has 0 aliphatic carbocycles. The lowest BCUT2D eigenvalue weighted by molar-refractivity contribution is 0.236. The molecule has 4 aromatic rings. The van der Waals surface area contributed by atoms with E-state index >= 15 is 0 Å². The Hall–Kier alpha value is -3.35.